The van der Waals surface area contributed by atoms with Gasteiger partial charge in [-0.05, 0) is 30.7 Å². The van der Waals surface area contributed by atoms with Crippen molar-refractivity contribution in [2.75, 3.05) is 13.7 Å². The highest BCUT2D eigenvalue weighted by Crippen LogP contribution is 2.32. The molecule has 2 unspecified atom stereocenters. The van der Waals surface area contributed by atoms with Crippen LogP contribution in [0.1, 0.15) is 18.2 Å². The molecule has 2 atom stereocenters. The summed E-state index contributed by atoms with van der Waals surface area (Å²) in [7, 11) is 3.67. The van der Waals surface area contributed by atoms with Crippen LogP contribution in [0.5, 0.6) is 5.75 Å². The van der Waals surface area contributed by atoms with Crippen molar-refractivity contribution in [2.24, 2.45) is 7.05 Å². The zero-order valence-corrected chi connectivity index (χ0v) is 12.7. The molecule has 0 aliphatic heterocycles. The van der Waals surface area contributed by atoms with Gasteiger partial charge in [-0.15, -0.1) is 0 Å². The van der Waals surface area contributed by atoms with E-state index in [0.29, 0.717) is 13.0 Å². The molecule has 4 heteroatoms. The number of nitrogens with zero attached hydrogens (tertiary/aromatic N) is 1. The molecule has 2 aromatic rings. The predicted octanol–water partition coefficient (Wildman–Crippen LogP) is 2.52. The van der Waals surface area contributed by atoms with Crippen LogP contribution in [0.3, 0.4) is 0 Å². The maximum atomic E-state index is 10.3. The predicted molar refractivity (Wildman–Crippen MR) is 83.6 cm³/mol. The molecule has 0 saturated heterocycles. The summed E-state index contributed by atoms with van der Waals surface area (Å²) in [6.07, 6.45) is 3.78. The summed E-state index contributed by atoms with van der Waals surface area (Å²) in [5.41, 5.74) is 3.41. The molecule has 1 aromatic carbocycles. The largest absolute Gasteiger partial charge is 0.494 e. The molecule has 0 saturated carbocycles. The topological polar surface area (TPSA) is 43.6 Å². The van der Waals surface area contributed by atoms with Crippen LogP contribution in [-0.4, -0.2) is 35.6 Å². The van der Waals surface area contributed by atoms with Crippen molar-refractivity contribution in [3.63, 3.8) is 0 Å². The van der Waals surface area contributed by atoms with Gasteiger partial charge in [0.05, 0.1) is 18.2 Å². The second-order valence-electron chi connectivity index (χ2n) is 5.37. The lowest BCUT2D eigenvalue weighted by molar-refractivity contribution is 0.0188. The normalized spacial score (nSPS) is 21.3. The molecular weight excluding hydrogens is 266 g/mol. The second-order valence-corrected chi connectivity index (χ2v) is 5.37. The van der Waals surface area contributed by atoms with Gasteiger partial charge in [-0.1, -0.05) is 6.08 Å². The zero-order chi connectivity index (χ0) is 15.0. The Morgan fingerprint density at radius 3 is 2.90 bits per heavy atom. The van der Waals surface area contributed by atoms with Crippen molar-refractivity contribution in [3.05, 3.63) is 35.5 Å². The van der Waals surface area contributed by atoms with Gasteiger partial charge in [-0.25, -0.2) is 0 Å². The summed E-state index contributed by atoms with van der Waals surface area (Å²) in [6.45, 7) is 2.64. The van der Waals surface area contributed by atoms with E-state index in [0.717, 1.165) is 22.3 Å². The third-order valence-electron chi connectivity index (χ3n) is 4.15. The summed E-state index contributed by atoms with van der Waals surface area (Å²) in [5.74, 6) is 0.875. The highest BCUT2D eigenvalue weighted by atomic mass is 16.5. The summed E-state index contributed by atoms with van der Waals surface area (Å²) in [6, 6.07) is 6.12. The van der Waals surface area contributed by atoms with E-state index in [9.17, 15) is 5.11 Å². The fraction of sp³-hybridized carbons (Fsp3) is 0.412. The number of aliphatic hydroxyl groups excluding tert-OH is 1. The Morgan fingerprint density at radius 2 is 2.19 bits per heavy atom. The van der Waals surface area contributed by atoms with Crippen LogP contribution in [0.15, 0.2) is 24.3 Å². The van der Waals surface area contributed by atoms with E-state index in [-0.39, 0.29) is 6.10 Å². The molecule has 1 heterocycles. The standard InChI is InChI=1S/C17H21NO3/c1-4-21-11-5-6-12-13-10-16(19)17(20-3)8-7-14(13)18(2)15(12)9-11/h5-9,16-17,19H,4,10H2,1-3H3. The molecule has 1 aliphatic carbocycles. The van der Waals surface area contributed by atoms with E-state index in [1.165, 1.54) is 5.56 Å². The van der Waals surface area contributed by atoms with E-state index in [4.69, 9.17) is 9.47 Å². The maximum absolute atomic E-state index is 10.3. The second kappa shape index (κ2) is 5.54. The molecule has 1 aliphatic rings. The molecule has 1 aromatic heterocycles. The average Bonchev–Trinajstić information content (AvgIpc) is 2.64. The Labute approximate surface area is 124 Å². The van der Waals surface area contributed by atoms with E-state index >= 15 is 0 Å². The summed E-state index contributed by atoms with van der Waals surface area (Å²) >= 11 is 0. The molecular formula is C17H21NO3. The lowest BCUT2D eigenvalue weighted by atomic mass is 10.0. The lowest BCUT2D eigenvalue weighted by Crippen LogP contribution is -2.27. The zero-order valence-electron chi connectivity index (χ0n) is 12.7. The van der Waals surface area contributed by atoms with Crippen LogP contribution >= 0.6 is 0 Å². The molecule has 21 heavy (non-hydrogen) atoms. The number of aromatic nitrogens is 1. The average molecular weight is 287 g/mol. The van der Waals surface area contributed by atoms with Crippen molar-refractivity contribution in [1.82, 2.24) is 4.57 Å². The van der Waals surface area contributed by atoms with Crippen LogP contribution in [0.25, 0.3) is 17.0 Å². The van der Waals surface area contributed by atoms with E-state index in [2.05, 4.69) is 16.7 Å². The molecule has 3 rings (SSSR count). The van der Waals surface area contributed by atoms with E-state index in [1.807, 2.05) is 32.2 Å². The van der Waals surface area contributed by atoms with Gasteiger partial charge >= 0.3 is 0 Å². The first kappa shape index (κ1) is 14.2. The number of fused-ring (bicyclic) bond motifs is 3. The van der Waals surface area contributed by atoms with Crippen molar-refractivity contribution in [1.29, 1.82) is 0 Å². The molecule has 0 spiro atoms. The minimum absolute atomic E-state index is 0.254. The summed E-state index contributed by atoms with van der Waals surface area (Å²) < 4.78 is 13.0. The molecule has 0 amide bonds. The van der Waals surface area contributed by atoms with Crippen LogP contribution in [0.2, 0.25) is 0 Å². The number of aryl methyl sites for hydroxylation is 1. The fourth-order valence-corrected chi connectivity index (χ4v) is 3.07. The van der Waals surface area contributed by atoms with Crippen molar-refractivity contribution >= 4 is 17.0 Å². The van der Waals surface area contributed by atoms with E-state index in [1.54, 1.807) is 7.11 Å². The highest BCUT2D eigenvalue weighted by molar-refractivity contribution is 5.89. The first-order chi connectivity index (χ1) is 10.2. The number of ether oxygens (including phenoxy) is 2. The number of hydrogen-bond acceptors (Lipinski definition) is 3. The minimum Gasteiger partial charge on any atom is -0.494 e. The molecule has 112 valence electrons. The molecule has 0 fully saturated rings. The van der Waals surface area contributed by atoms with Gasteiger partial charge in [0.1, 0.15) is 11.9 Å². The number of benzene rings is 1. The first-order valence-corrected chi connectivity index (χ1v) is 7.28. The monoisotopic (exact) mass is 287 g/mol. The summed E-state index contributed by atoms with van der Waals surface area (Å²) in [5, 5.41) is 11.5. The Morgan fingerprint density at radius 1 is 1.38 bits per heavy atom. The van der Waals surface area contributed by atoms with Gasteiger partial charge < -0.3 is 19.1 Å². The number of rotatable bonds is 3. The molecule has 0 bridgehead atoms. The van der Waals surface area contributed by atoms with Crippen LogP contribution in [-0.2, 0) is 18.2 Å². The van der Waals surface area contributed by atoms with Crippen LogP contribution in [0.4, 0.5) is 0 Å². The SMILES string of the molecule is CCOc1ccc2c3c(n(C)c2c1)C=CC(OC)C(O)C3. The Kier molecular flexibility index (Phi) is 3.74. The third kappa shape index (κ3) is 2.34. The van der Waals surface area contributed by atoms with Crippen molar-refractivity contribution in [3.8, 4) is 5.75 Å². The van der Waals surface area contributed by atoms with E-state index < -0.39 is 6.10 Å². The quantitative estimate of drug-likeness (QED) is 0.943. The Balaban J connectivity index is 2.14. The summed E-state index contributed by atoms with van der Waals surface area (Å²) in [4.78, 5) is 0. The highest BCUT2D eigenvalue weighted by Gasteiger charge is 2.24. The minimum atomic E-state index is -0.523. The maximum Gasteiger partial charge on any atom is 0.121 e. The van der Waals surface area contributed by atoms with Gasteiger partial charge in [0.25, 0.3) is 0 Å². The van der Waals surface area contributed by atoms with Gasteiger partial charge in [0.15, 0.2) is 0 Å². The van der Waals surface area contributed by atoms with Crippen LogP contribution < -0.4 is 4.74 Å². The molecule has 0 radical (unpaired) electrons. The van der Waals surface area contributed by atoms with Crippen molar-refractivity contribution in [2.45, 2.75) is 25.6 Å². The van der Waals surface area contributed by atoms with Gasteiger partial charge in [-0.2, -0.15) is 0 Å². The van der Waals surface area contributed by atoms with Crippen molar-refractivity contribution < 1.29 is 14.6 Å². The molecule has 1 N–H and O–H groups in total. The van der Waals surface area contributed by atoms with Gasteiger partial charge in [0, 0.05) is 37.7 Å². The molecule has 4 nitrogen and oxygen atoms in total. The first-order valence-electron chi connectivity index (χ1n) is 7.28. The third-order valence-corrected chi connectivity index (χ3v) is 4.15. The lowest BCUT2D eigenvalue weighted by Gasteiger charge is -2.16. The van der Waals surface area contributed by atoms with Gasteiger partial charge in [0.2, 0.25) is 0 Å². The smallest absolute Gasteiger partial charge is 0.121 e. The fourth-order valence-electron chi connectivity index (χ4n) is 3.07. The Bertz CT molecular complexity index is 687. The number of aliphatic hydroxyl groups is 1. The number of hydrogen-bond donors (Lipinski definition) is 1. The Hall–Kier alpha value is -1.78. The van der Waals surface area contributed by atoms with Crippen LogP contribution in [0, 0.1) is 0 Å². The number of methoxy groups -OCH3 is 1. The van der Waals surface area contributed by atoms with Gasteiger partial charge in [-0.3, -0.25) is 0 Å².